The topological polar surface area (TPSA) is 34.4 Å². The van der Waals surface area contributed by atoms with Gasteiger partial charge in [0.1, 0.15) is 5.75 Å². The van der Waals surface area contributed by atoms with Crippen LogP contribution in [-0.2, 0) is 0 Å². The highest BCUT2D eigenvalue weighted by molar-refractivity contribution is 5.34. The van der Waals surface area contributed by atoms with Gasteiger partial charge in [-0.05, 0) is 43.1 Å². The molecule has 1 aromatic carbocycles. The van der Waals surface area contributed by atoms with Crippen molar-refractivity contribution < 1.29 is 9.15 Å². The minimum absolute atomic E-state index is 0.175. The molecule has 0 fully saturated rings. The summed E-state index contributed by atoms with van der Waals surface area (Å²) in [7, 11) is 0. The lowest BCUT2D eigenvalue weighted by atomic mass is 10.0. The average Bonchev–Trinajstić information content (AvgIpc) is 3.01. The smallest absolute Gasteiger partial charge is 0.119 e. The second kappa shape index (κ2) is 7.75. The molecule has 1 aromatic heterocycles. The first-order valence-electron chi connectivity index (χ1n) is 7.33. The summed E-state index contributed by atoms with van der Waals surface area (Å²) in [6, 6.07) is 10.5. The van der Waals surface area contributed by atoms with Crippen molar-refractivity contribution in [2.75, 3.05) is 13.2 Å². The molecule has 20 heavy (non-hydrogen) atoms. The molecular weight excluding hydrogens is 250 g/mol. The van der Waals surface area contributed by atoms with Crippen LogP contribution < -0.4 is 10.1 Å². The molecule has 2 rings (SSSR count). The zero-order valence-electron chi connectivity index (χ0n) is 12.3. The van der Waals surface area contributed by atoms with Crippen LogP contribution in [0.1, 0.15) is 43.9 Å². The predicted octanol–water partition coefficient (Wildman–Crippen LogP) is 4.16. The summed E-state index contributed by atoms with van der Waals surface area (Å²) < 4.78 is 10.8. The first kappa shape index (κ1) is 14.7. The van der Waals surface area contributed by atoms with Crippen molar-refractivity contribution in [2.24, 2.45) is 0 Å². The van der Waals surface area contributed by atoms with Crippen LogP contribution in [0.3, 0.4) is 0 Å². The van der Waals surface area contributed by atoms with Crippen LogP contribution in [-0.4, -0.2) is 13.2 Å². The molecule has 0 saturated heterocycles. The van der Waals surface area contributed by atoms with Gasteiger partial charge in [-0.25, -0.2) is 0 Å². The normalized spacial score (nSPS) is 12.3. The first-order valence-corrected chi connectivity index (χ1v) is 7.33. The van der Waals surface area contributed by atoms with Crippen LogP contribution >= 0.6 is 0 Å². The van der Waals surface area contributed by atoms with E-state index < -0.39 is 0 Å². The molecule has 0 aliphatic carbocycles. The van der Waals surface area contributed by atoms with Crippen molar-refractivity contribution in [1.82, 2.24) is 5.32 Å². The zero-order valence-corrected chi connectivity index (χ0v) is 12.3. The monoisotopic (exact) mass is 273 g/mol. The summed E-state index contributed by atoms with van der Waals surface area (Å²) in [6.45, 7) is 6.02. The average molecular weight is 273 g/mol. The second-order valence-electron chi connectivity index (χ2n) is 4.86. The third-order valence-electron chi connectivity index (χ3n) is 3.16. The van der Waals surface area contributed by atoms with E-state index in [-0.39, 0.29) is 6.04 Å². The predicted molar refractivity (Wildman–Crippen MR) is 81.1 cm³/mol. The third-order valence-corrected chi connectivity index (χ3v) is 3.16. The number of hydrogen-bond acceptors (Lipinski definition) is 3. The van der Waals surface area contributed by atoms with E-state index in [0.717, 1.165) is 37.3 Å². The summed E-state index contributed by atoms with van der Waals surface area (Å²) >= 11 is 0. The fourth-order valence-electron chi connectivity index (χ4n) is 2.13. The summed E-state index contributed by atoms with van der Waals surface area (Å²) in [4.78, 5) is 0. The molecule has 1 heterocycles. The van der Waals surface area contributed by atoms with Crippen LogP contribution in [0.2, 0.25) is 0 Å². The van der Waals surface area contributed by atoms with Crippen molar-refractivity contribution in [3.05, 3.63) is 54.0 Å². The molecule has 2 aromatic rings. The Morgan fingerprint density at radius 2 is 1.85 bits per heavy atom. The molecule has 0 aliphatic heterocycles. The van der Waals surface area contributed by atoms with E-state index in [9.17, 15) is 0 Å². The van der Waals surface area contributed by atoms with E-state index in [0.29, 0.717) is 0 Å². The van der Waals surface area contributed by atoms with Gasteiger partial charge in [0, 0.05) is 5.56 Å². The Hall–Kier alpha value is -1.74. The fraction of sp³-hybridized carbons (Fsp3) is 0.412. The molecular formula is C17H23NO2. The summed E-state index contributed by atoms with van der Waals surface area (Å²) in [5.74, 6) is 0.928. The summed E-state index contributed by atoms with van der Waals surface area (Å²) in [5.41, 5.74) is 2.38. The number of nitrogens with one attached hydrogen (secondary N) is 1. The maximum absolute atomic E-state index is 5.62. The lowest BCUT2D eigenvalue weighted by Gasteiger charge is -2.18. The van der Waals surface area contributed by atoms with Crippen molar-refractivity contribution in [3.63, 3.8) is 0 Å². The van der Waals surface area contributed by atoms with Gasteiger partial charge in [-0.15, -0.1) is 0 Å². The Morgan fingerprint density at radius 3 is 2.45 bits per heavy atom. The van der Waals surface area contributed by atoms with E-state index in [1.54, 1.807) is 12.5 Å². The number of hydrogen-bond donors (Lipinski definition) is 1. The second-order valence-corrected chi connectivity index (χ2v) is 4.86. The zero-order chi connectivity index (χ0) is 14.2. The molecule has 1 N–H and O–H groups in total. The van der Waals surface area contributed by atoms with Gasteiger partial charge in [-0.1, -0.05) is 26.0 Å². The SMILES string of the molecule is CCCNC(c1ccc(OCCC)cc1)c1ccoc1. The molecule has 0 saturated carbocycles. The van der Waals surface area contributed by atoms with Gasteiger partial charge in [0.15, 0.2) is 0 Å². The van der Waals surface area contributed by atoms with E-state index in [1.807, 2.05) is 18.2 Å². The molecule has 0 bridgehead atoms. The van der Waals surface area contributed by atoms with Crippen LogP contribution in [0.15, 0.2) is 47.3 Å². The Morgan fingerprint density at radius 1 is 1.05 bits per heavy atom. The van der Waals surface area contributed by atoms with Gasteiger partial charge in [0.2, 0.25) is 0 Å². The third kappa shape index (κ3) is 3.87. The van der Waals surface area contributed by atoms with Gasteiger partial charge in [-0.2, -0.15) is 0 Å². The van der Waals surface area contributed by atoms with E-state index in [4.69, 9.17) is 9.15 Å². The van der Waals surface area contributed by atoms with Gasteiger partial charge >= 0.3 is 0 Å². The maximum atomic E-state index is 5.62. The molecule has 0 spiro atoms. The Bertz CT molecular complexity index is 476. The Kier molecular flexibility index (Phi) is 5.69. The molecule has 0 aliphatic rings. The molecule has 1 atom stereocenters. The highest BCUT2D eigenvalue weighted by Gasteiger charge is 2.14. The van der Waals surface area contributed by atoms with Gasteiger partial charge < -0.3 is 14.5 Å². The van der Waals surface area contributed by atoms with Crippen molar-refractivity contribution >= 4 is 0 Å². The maximum Gasteiger partial charge on any atom is 0.119 e. The van der Waals surface area contributed by atoms with Crippen LogP contribution in [0.25, 0.3) is 0 Å². The Labute approximate surface area is 121 Å². The molecule has 108 valence electrons. The lowest BCUT2D eigenvalue weighted by molar-refractivity contribution is 0.317. The summed E-state index contributed by atoms with van der Waals surface area (Å²) in [5, 5.41) is 3.55. The van der Waals surface area contributed by atoms with Crippen molar-refractivity contribution in [2.45, 2.75) is 32.7 Å². The molecule has 0 radical (unpaired) electrons. The van der Waals surface area contributed by atoms with E-state index in [2.05, 4.69) is 31.3 Å². The summed E-state index contributed by atoms with van der Waals surface area (Å²) in [6.07, 6.45) is 5.65. The molecule has 0 amide bonds. The Balaban J connectivity index is 2.12. The minimum atomic E-state index is 0.175. The molecule has 3 nitrogen and oxygen atoms in total. The van der Waals surface area contributed by atoms with E-state index in [1.165, 1.54) is 5.56 Å². The van der Waals surface area contributed by atoms with Crippen LogP contribution in [0.4, 0.5) is 0 Å². The number of rotatable bonds is 8. The highest BCUT2D eigenvalue weighted by Crippen LogP contribution is 2.24. The van der Waals surface area contributed by atoms with E-state index >= 15 is 0 Å². The van der Waals surface area contributed by atoms with Crippen LogP contribution in [0.5, 0.6) is 5.75 Å². The molecule has 1 unspecified atom stereocenters. The minimum Gasteiger partial charge on any atom is -0.494 e. The number of benzene rings is 1. The van der Waals surface area contributed by atoms with Gasteiger partial charge in [-0.3, -0.25) is 0 Å². The lowest BCUT2D eigenvalue weighted by Crippen LogP contribution is -2.22. The number of ether oxygens (including phenoxy) is 1. The largest absolute Gasteiger partial charge is 0.494 e. The van der Waals surface area contributed by atoms with Crippen LogP contribution in [0, 0.1) is 0 Å². The van der Waals surface area contributed by atoms with Gasteiger partial charge in [0.05, 0.1) is 25.2 Å². The molecule has 3 heteroatoms. The first-order chi connectivity index (χ1) is 9.85. The van der Waals surface area contributed by atoms with Gasteiger partial charge in [0.25, 0.3) is 0 Å². The van der Waals surface area contributed by atoms with Crippen molar-refractivity contribution in [1.29, 1.82) is 0 Å². The standard InChI is InChI=1S/C17H23NO2/c1-3-10-18-17(15-9-12-19-13-15)14-5-7-16(8-6-14)20-11-4-2/h5-9,12-13,17-18H,3-4,10-11H2,1-2H3. The highest BCUT2D eigenvalue weighted by atomic mass is 16.5. The van der Waals surface area contributed by atoms with Crippen molar-refractivity contribution in [3.8, 4) is 5.75 Å². The fourth-order valence-corrected chi connectivity index (χ4v) is 2.13. The quantitative estimate of drug-likeness (QED) is 0.784. The number of furan rings is 1.